The SMILES string of the molecule is O=C(/C=C1\NCCc2cc3c(cc21)OCCCO3)c1ccc(F)cc1. The molecule has 0 unspecified atom stereocenters. The van der Waals surface area contributed by atoms with Crippen LogP contribution in [0.3, 0.4) is 0 Å². The molecule has 0 saturated carbocycles. The summed E-state index contributed by atoms with van der Waals surface area (Å²) in [6.07, 6.45) is 3.27. The zero-order chi connectivity index (χ0) is 17.2. The zero-order valence-corrected chi connectivity index (χ0v) is 13.7. The highest BCUT2D eigenvalue weighted by Gasteiger charge is 2.20. The van der Waals surface area contributed by atoms with Crippen LogP contribution in [0.25, 0.3) is 5.70 Å². The fourth-order valence-corrected chi connectivity index (χ4v) is 3.09. The third kappa shape index (κ3) is 3.22. The fraction of sp³-hybridized carbons (Fsp3) is 0.250. The minimum atomic E-state index is -0.356. The van der Waals surface area contributed by atoms with Crippen LogP contribution >= 0.6 is 0 Å². The lowest BCUT2D eigenvalue weighted by Gasteiger charge is -2.23. The molecule has 4 rings (SSSR count). The summed E-state index contributed by atoms with van der Waals surface area (Å²) in [5, 5.41) is 3.28. The van der Waals surface area contributed by atoms with Crippen molar-refractivity contribution in [2.24, 2.45) is 0 Å². The molecule has 2 aliphatic rings. The molecule has 0 saturated heterocycles. The third-order valence-electron chi connectivity index (χ3n) is 4.38. The largest absolute Gasteiger partial charge is 0.490 e. The topological polar surface area (TPSA) is 47.6 Å². The second-order valence-corrected chi connectivity index (χ2v) is 6.11. The van der Waals surface area contributed by atoms with E-state index in [1.54, 1.807) is 6.08 Å². The normalized spacial score (nSPS) is 17.4. The number of benzene rings is 2. The second kappa shape index (κ2) is 6.59. The zero-order valence-electron chi connectivity index (χ0n) is 13.7. The van der Waals surface area contributed by atoms with Crippen LogP contribution in [0.2, 0.25) is 0 Å². The van der Waals surface area contributed by atoms with Crippen LogP contribution in [-0.4, -0.2) is 25.5 Å². The van der Waals surface area contributed by atoms with Crippen LogP contribution in [-0.2, 0) is 6.42 Å². The Morgan fingerprint density at radius 1 is 1.08 bits per heavy atom. The van der Waals surface area contributed by atoms with Crippen LogP contribution in [0.15, 0.2) is 42.5 Å². The molecule has 2 aliphatic heterocycles. The molecule has 0 radical (unpaired) electrons. The van der Waals surface area contributed by atoms with Crippen molar-refractivity contribution in [1.82, 2.24) is 5.32 Å². The molecule has 0 atom stereocenters. The number of hydrogen-bond acceptors (Lipinski definition) is 4. The number of allylic oxidation sites excluding steroid dienone is 1. The number of hydrogen-bond donors (Lipinski definition) is 1. The number of carbonyl (C=O) groups excluding carboxylic acids is 1. The van der Waals surface area contributed by atoms with Gasteiger partial charge in [-0.2, -0.15) is 0 Å². The highest BCUT2D eigenvalue weighted by Crippen LogP contribution is 2.36. The molecular formula is C20H18FNO3. The van der Waals surface area contributed by atoms with Gasteiger partial charge in [-0.15, -0.1) is 0 Å². The molecule has 2 heterocycles. The third-order valence-corrected chi connectivity index (χ3v) is 4.38. The molecule has 2 aromatic rings. The first-order valence-corrected chi connectivity index (χ1v) is 8.39. The van der Waals surface area contributed by atoms with Gasteiger partial charge in [-0.05, 0) is 48.4 Å². The molecule has 0 aliphatic carbocycles. The predicted molar refractivity (Wildman–Crippen MR) is 92.5 cm³/mol. The number of fused-ring (bicyclic) bond motifs is 2. The lowest BCUT2D eigenvalue weighted by molar-refractivity contribution is 0.104. The molecule has 0 spiro atoms. The van der Waals surface area contributed by atoms with E-state index in [-0.39, 0.29) is 11.6 Å². The van der Waals surface area contributed by atoms with E-state index in [1.165, 1.54) is 24.3 Å². The number of carbonyl (C=O) groups is 1. The number of nitrogens with one attached hydrogen (secondary N) is 1. The maximum Gasteiger partial charge on any atom is 0.187 e. The van der Waals surface area contributed by atoms with Crippen molar-refractivity contribution >= 4 is 11.5 Å². The van der Waals surface area contributed by atoms with Crippen LogP contribution in [0.5, 0.6) is 11.5 Å². The molecule has 0 amide bonds. The molecule has 2 aromatic carbocycles. The van der Waals surface area contributed by atoms with E-state index in [9.17, 15) is 9.18 Å². The van der Waals surface area contributed by atoms with E-state index >= 15 is 0 Å². The van der Waals surface area contributed by atoms with Crippen molar-refractivity contribution in [1.29, 1.82) is 0 Å². The summed E-state index contributed by atoms with van der Waals surface area (Å²) in [6.45, 7) is 2.01. The van der Waals surface area contributed by atoms with E-state index in [4.69, 9.17) is 9.47 Å². The molecule has 5 heteroatoms. The molecule has 0 fully saturated rings. The average Bonchev–Trinajstić information content (AvgIpc) is 2.85. The van der Waals surface area contributed by atoms with Crippen LogP contribution in [0.4, 0.5) is 4.39 Å². The van der Waals surface area contributed by atoms with Gasteiger partial charge in [-0.3, -0.25) is 4.79 Å². The molecule has 1 N–H and O–H groups in total. The van der Waals surface area contributed by atoms with Gasteiger partial charge in [0.1, 0.15) is 5.82 Å². The number of halogens is 1. The number of ether oxygens (including phenoxy) is 2. The van der Waals surface area contributed by atoms with Gasteiger partial charge in [-0.25, -0.2) is 4.39 Å². The maximum absolute atomic E-state index is 13.0. The van der Waals surface area contributed by atoms with Crippen LogP contribution < -0.4 is 14.8 Å². The van der Waals surface area contributed by atoms with Gasteiger partial charge in [0, 0.05) is 35.9 Å². The van der Waals surface area contributed by atoms with Gasteiger partial charge < -0.3 is 14.8 Å². The Kier molecular flexibility index (Phi) is 4.14. The lowest BCUT2D eigenvalue weighted by Crippen LogP contribution is -2.23. The quantitative estimate of drug-likeness (QED) is 0.673. The van der Waals surface area contributed by atoms with Crippen LogP contribution in [0, 0.1) is 5.82 Å². The molecule has 0 bridgehead atoms. The summed E-state index contributed by atoms with van der Waals surface area (Å²) < 4.78 is 24.5. The molecule has 25 heavy (non-hydrogen) atoms. The van der Waals surface area contributed by atoms with E-state index in [0.717, 1.165) is 42.0 Å². The van der Waals surface area contributed by atoms with Gasteiger partial charge in [0.25, 0.3) is 0 Å². The Balaban J connectivity index is 1.70. The standard InChI is InChI=1S/C20H18FNO3/c21-15-4-2-13(3-5-15)18(23)12-17-16-11-20-19(24-8-1-9-25-20)10-14(16)6-7-22-17/h2-5,10-12,22H,1,6-9H2/b17-12-. The maximum atomic E-state index is 13.0. The van der Waals surface area contributed by atoms with Gasteiger partial charge in [-0.1, -0.05) is 0 Å². The smallest absolute Gasteiger partial charge is 0.187 e. The molecule has 128 valence electrons. The highest BCUT2D eigenvalue weighted by molar-refractivity contribution is 6.08. The number of ketones is 1. The summed E-state index contributed by atoms with van der Waals surface area (Å²) in [5.41, 5.74) is 3.29. The Bertz CT molecular complexity index is 843. The first-order valence-electron chi connectivity index (χ1n) is 8.39. The van der Waals surface area contributed by atoms with Crippen molar-refractivity contribution in [2.45, 2.75) is 12.8 Å². The summed E-state index contributed by atoms with van der Waals surface area (Å²) in [7, 11) is 0. The molecular weight excluding hydrogens is 321 g/mol. The Morgan fingerprint density at radius 3 is 2.56 bits per heavy atom. The van der Waals surface area contributed by atoms with E-state index < -0.39 is 0 Å². The summed E-state index contributed by atoms with van der Waals surface area (Å²) in [6, 6.07) is 9.51. The minimum absolute atomic E-state index is 0.164. The van der Waals surface area contributed by atoms with Crippen LogP contribution in [0.1, 0.15) is 27.9 Å². The van der Waals surface area contributed by atoms with Gasteiger partial charge >= 0.3 is 0 Å². The number of rotatable bonds is 2. The van der Waals surface area contributed by atoms with E-state index in [2.05, 4.69) is 5.32 Å². The average molecular weight is 339 g/mol. The molecule has 4 nitrogen and oxygen atoms in total. The first kappa shape index (κ1) is 15.7. The lowest BCUT2D eigenvalue weighted by atomic mass is 9.95. The summed E-state index contributed by atoms with van der Waals surface area (Å²) >= 11 is 0. The minimum Gasteiger partial charge on any atom is -0.490 e. The fourth-order valence-electron chi connectivity index (χ4n) is 3.09. The Labute approximate surface area is 145 Å². The monoisotopic (exact) mass is 339 g/mol. The second-order valence-electron chi connectivity index (χ2n) is 6.11. The van der Waals surface area contributed by atoms with E-state index in [1.807, 2.05) is 12.1 Å². The van der Waals surface area contributed by atoms with Crippen molar-refractivity contribution in [3.8, 4) is 11.5 Å². The first-order chi connectivity index (χ1) is 12.2. The Morgan fingerprint density at radius 2 is 1.80 bits per heavy atom. The van der Waals surface area contributed by atoms with Gasteiger partial charge in [0.15, 0.2) is 17.3 Å². The van der Waals surface area contributed by atoms with Gasteiger partial charge in [0.2, 0.25) is 0 Å². The Hall–Kier alpha value is -2.82. The predicted octanol–water partition coefficient (Wildman–Crippen LogP) is 3.36. The van der Waals surface area contributed by atoms with Crippen molar-refractivity contribution in [3.63, 3.8) is 0 Å². The van der Waals surface area contributed by atoms with Crippen molar-refractivity contribution in [3.05, 3.63) is 65.0 Å². The van der Waals surface area contributed by atoms with Crippen molar-refractivity contribution in [2.75, 3.05) is 19.8 Å². The van der Waals surface area contributed by atoms with Crippen molar-refractivity contribution < 1.29 is 18.7 Å². The molecule has 0 aromatic heterocycles. The van der Waals surface area contributed by atoms with Gasteiger partial charge in [0.05, 0.1) is 13.2 Å². The van der Waals surface area contributed by atoms with E-state index in [0.29, 0.717) is 24.5 Å². The summed E-state index contributed by atoms with van der Waals surface area (Å²) in [5.74, 6) is 0.954. The summed E-state index contributed by atoms with van der Waals surface area (Å²) in [4.78, 5) is 12.5. The highest BCUT2D eigenvalue weighted by atomic mass is 19.1.